The van der Waals surface area contributed by atoms with Gasteiger partial charge >= 0.3 is 5.97 Å². The Labute approximate surface area is 466 Å². The number of hydrogen-bond donors (Lipinski definition) is 1. The molecular weight excluding hydrogens is 1050 g/mol. The average Bonchev–Trinajstić information content (AvgIpc) is 3.90. The maximum Gasteiger partial charge on any atom is 0.306 e. The van der Waals surface area contributed by atoms with Crippen LogP contribution in [0.15, 0.2) is 83.8 Å². The number of nitriles is 1. The molecule has 1 amide bonds. The molecule has 2 atom stereocenters. The Bertz CT molecular complexity index is 3330. The van der Waals surface area contributed by atoms with Crippen LogP contribution in [0, 0.1) is 24.2 Å². The summed E-state index contributed by atoms with van der Waals surface area (Å²) in [6.45, 7) is 12.3. The second kappa shape index (κ2) is 24.1. The first-order valence-corrected chi connectivity index (χ1v) is 29.1. The molecule has 3 aliphatic heterocycles. The number of piperazine rings is 1. The van der Waals surface area contributed by atoms with Crippen LogP contribution in [-0.2, 0) is 33.1 Å². The SMILES string of the molecule is CCOC(=O)CC(c1ccc(C)c(CN2C[C@@H](C)Oc3cc(N4CCN(CC5CCN(c6ccc(C(=O)NC7CCC(Oc8ccc(C#N)c(Cl)c8)CC7)nn6)CC5)CC4)ccc3S2(=O)=O)c1)c1cc(OC)c2c(c1)nnn2C. The largest absolute Gasteiger partial charge is 0.494 e. The minimum atomic E-state index is -3.99. The first kappa shape index (κ1) is 55.3. The number of methoxy groups -OCH3 is 1. The van der Waals surface area contributed by atoms with E-state index in [0.717, 1.165) is 124 Å². The number of carbonyl (C=O) groups is 2. The zero-order valence-corrected chi connectivity index (χ0v) is 47.0. The number of esters is 1. The molecule has 0 spiro atoms. The van der Waals surface area contributed by atoms with Crippen LogP contribution in [-0.4, -0.2) is 139 Å². The number of aromatic nitrogens is 5. The van der Waals surface area contributed by atoms with E-state index in [1.54, 1.807) is 56.1 Å². The predicted octanol–water partition coefficient (Wildman–Crippen LogP) is 7.82. The van der Waals surface area contributed by atoms with Crippen molar-refractivity contribution in [2.24, 2.45) is 13.0 Å². The Balaban J connectivity index is 0.707. The minimum absolute atomic E-state index is 0.0113. The molecule has 21 heteroatoms. The molecule has 79 heavy (non-hydrogen) atoms. The van der Waals surface area contributed by atoms with Gasteiger partial charge in [-0.05, 0) is 136 Å². The standard InChI is InChI=1S/C58H68ClN11O8S/c1-6-76-56(71)32-48(42-28-51-57(53(29-42)75-5)66(4)65-63-51)40-8-7-37(2)43(27-40)36-70-34-38(3)77-52-30-45(12-17-54(52)79(70,73)74)68-25-23-67(24-26-68)35-39-19-21-69(22-20-39)55-18-16-50(62-64-55)58(72)61-44-10-14-46(15-11-44)78-47-13-9-41(33-60)49(59)31-47/h7-9,12-13,16-18,27-31,38-39,44,46,48H,6,10-11,14-15,19-26,32,34-36H2,1-5H3,(H,61,72)/t38-,44?,46?,48?/m1/s1. The van der Waals surface area contributed by atoms with Crippen molar-refractivity contribution < 1.29 is 37.0 Å². The fraction of sp³-hybridized carbons (Fsp3) is 0.466. The Morgan fingerprint density at radius 3 is 2.38 bits per heavy atom. The molecule has 3 fully saturated rings. The lowest BCUT2D eigenvalue weighted by Gasteiger charge is -2.39. The highest BCUT2D eigenvalue weighted by molar-refractivity contribution is 7.89. The number of sulfonamides is 1. The summed E-state index contributed by atoms with van der Waals surface area (Å²) in [6.07, 6.45) is 4.83. The highest BCUT2D eigenvalue weighted by Crippen LogP contribution is 2.39. The summed E-state index contributed by atoms with van der Waals surface area (Å²) >= 11 is 6.18. The molecule has 0 radical (unpaired) electrons. The van der Waals surface area contributed by atoms with Crippen LogP contribution in [0.4, 0.5) is 11.5 Å². The fourth-order valence-electron chi connectivity index (χ4n) is 11.5. The van der Waals surface area contributed by atoms with Crippen LogP contribution in [0.1, 0.15) is 103 Å². The lowest BCUT2D eigenvalue weighted by Crippen LogP contribution is -2.49. The van der Waals surface area contributed by atoms with E-state index in [1.165, 1.54) is 4.31 Å². The first-order chi connectivity index (χ1) is 38.2. The van der Waals surface area contributed by atoms with Crippen molar-refractivity contribution in [3.63, 3.8) is 0 Å². The summed E-state index contributed by atoms with van der Waals surface area (Å²) in [6, 6.07) is 26.1. The van der Waals surface area contributed by atoms with Gasteiger partial charge < -0.3 is 34.1 Å². The molecule has 19 nitrogen and oxygen atoms in total. The average molecular weight is 1110 g/mol. The Kier molecular flexibility index (Phi) is 16.9. The van der Waals surface area contributed by atoms with Crippen molar-refractivity contribution in [2.45, 2.75) is 101 Å². The summed E-state index contributed by atoms with van der Waals surface area (Å²) in [4.78, 5) is 33.5. The number of halogens is 1. The van der Waals surface area contributed by atoms with Gasteiger partial charge in [0.25, 0.3) is 5.91 Å². The van der Waals surface area contributed by atoms with Crippen LogP contribution in [0.3, 0.4) is 0 Å². The summed E-state index contributed by atoms with van der Waals surface area (Å²) in [5.74, 6) is 1.87. The second-order valence-corrected chi connectivity index (χ2v) is 23.5. The highest BCUT2D eigenvalue weighted by atomic mass is 35.5. The van der Waals surface area contributed by atoms with Gasteiger partial charge in [-0.1, -0.05) is 35.0 Å². The second-order valence-electron chi connectivity index (χ2n) is 21.2. The van der Waals surface area contributed by atoms with Crippen molar-refractivity contribution in [1.29, 1.82) is 5.26 Å². The number of carbonyl (C=O) groups excluding carboxylic acids is 2. The maximum atomic E-state index is 14.6. The number of piperidine rings is 1. The van der Waals surface area contributed by atoms with Gasteiger partial charge in [-0.25, -0.2) is 13.1 Å². The summed E-state index contributed by atoms with van der Waals surface area (Å²) in [7, 11) is -0.605. The molecule has 0 bridgehead atoms. The van der Waals surface area contributed by atoms with E-state index in [9.17, 15) is 18.0 Å². The number of aryl methyl sites for hydroxylation is 2. The minimum Gasteiger partial charge on any atom is -0.494 e. The number of nitrogens with zero attached hydrogens (tertiary/aromatic N) is 10. The molecule has 416 valence electrons. The molecule has 2 saturated heterocycles. The van der Waals surface area contributed by atoms with Gasteiger partial charge in [-0.2, -0.15) is 9.57 Å². The third-order valence-corrected chi connectivity index (χ3v) is 18.1. The first-order valence-electron chi connectivity index (χ1n) is 27.3. The third kappa shape index (κ3) is 12.5. The summed E-state index contributed by atoms with van der Waals surface area (Å²) in [5, 5.41) is 29.9. The number of ether oxygens (including phenoxy) is 4. The highest BCUT2D eigenvalue weighted by Gasteiger charge is 2.36. The van der Waals surface area contributed by atoms with Crippen molar-refractivity contribution in [3.05, 3.63) is 117 Å². The molecule has 6 aromatic rings. The molecule has 1 saturated carbocycles. The van der Waals surface area contributed by atoms with E-state index in [2.05, 4.69) is 46.6 Å². The van der Waals surface area contributed by atoms with Gasteiger partial charge in [0.15, 0.2) is 11.5 Å². The predicted molar refractivity (Wildman–Crippen MR) is 299 cm³/mol. The van der Waals surface area contributed by atoms with Crippen molar-refractivity contribution in [2.75, 3.05) is 75.9 Å². The lowest BCUT2D eigenvalue weighted by atomic mass is 9.86. The molecule has 1 aliphatic carbocycles. The zero-order chi connectivity index (χ0) is 55.4. The monoisotopic (exact) mass is 1110 g/mol. The summed E-state index contributed by atoms with van der Waals surface area (Å²) in [5.41, 5.74) is 6.37. The topological polar surface area (TPSA) is 210 Å². The molecular formula is C58H68ClN11O8S. The molecule has 4 aromatic carbocycles. The number of fused-ring (bicyclic) bond motifs is 2. The Morgan fingerprint density at radius 1 is 0.886 bits per heavy atom. The van der Waals surface area contributed by atoms with Crippen molar-refractivity contribution >= 4 is 56.0 Å². The fourth-order valence-corrected chi connectivity index (χ4v) is 13.3. The van der Waals surface area contributed by atoms with E-state index in [4.69, 9.17) is 35.8 Å². The zero-order valence-electron chi connectivity index (χ0n) is 45.4. The van der Waals surface area contributed by atoms with Gasteiger partial charge in [0.05, 0.1) is 43.4 Å². The number of amides is 1. The van der Waals surface area contributed by atoms with Gasteiger partial charge in [-0.15, -0.1) is 15.3 Å². The molecule has 5 heterocycles. The molecule has 1 N–H and O–H groups in total. The van der Waals surface area contributed by atoms with E-state index < -0.39 is 22.0 Å². The van der Waals surface area contributed by atoms with Gasteiger partial charge in [0, 0.05) is 89.2 Å². The van der Waals surface area contributed by atoms with Crippen LogP contribution in [0.25, 0.3) is 11.0 Å². The quantitative estimate of drug-likeness (QED) is 0.0916. The number of anilines is 2. The lowest BCUT2D eigenvalue weighted by molar-refractivity contribution is -0.143. The van der Waals surface area contributed by atoms with E-state index in [-0.39, 0.29) is 55.0 Å². The van der Waals surface area contributed by atoms with Gasteiger partial charge in [0.1, 0.15) is 45.4 Å². The third-order valence-electron chi connectivity index (χ3n) is 15.9. The number of benzene rings is 4. The molecule has 4 aliphatic rings. The van der Waals surface area contributed by atoms with E-state index in [1.807, 2.05) is 62.4 Å². The normalized spacial score (nSPS) is 20.3. The van der Waals surface area contributed by atoms with Gasteiger partial charge in [-0.3, -0.25) is 14.5 Å². The Morgan fingerprint density at radius 2 is 1.67 bits per heavy atom. The Hall–Kier alpha value is -7.05. The van der Waals surface area contributed by atoms with Crippen LogP contribution < -0.4 is 29.3 Å². The van der Waals surface area contributed by atoms with Crippen LogP contribution in [0.5, 0.6) is 17.2 Å². The van der Waals surface area contributed by atoms with Crippen molar-refractivity contribution in [1.82, 2.24) is 39.7 Å². The van der Waals surface area contributed by atoms with Crippen LogP contribution in [0.2, 0.25) is 5.02 Å². The number of rotatable bonds is 16. The summed E-state index contributed by atoms with van der Waals surface area (Å²) < 4.78 is 56.1. The van der Waals surface area contributed by atoms with E-state index in [0.29, 0.717) is 45.0 Å². The maximum absolute atomic E-state index is 14.6. The number of hydrogen-bond acceptors (Lipinski definition) is 16. The number of nitrogens with one attached hydrogen (secondary N) is 1. The molecule has 1 unspecified atom stereocenters. The van der Waals surface area contributed by atoms with Crippen LogP contribution >= 0.6 is 11.6 Å². The molecule has 2 aromatic heterocycles. The molecule has 10 rings (SSSR count). The van der Waals surface area contributed by atoms with Gasteiger partial charge in [0.2, 0.25) is 10.0 Å². The van der Waals surface area contributed by atoms with Crippen molar-refractivity contribution in [3.8, 4) is 23.3 Å². The van der Waals surface area contributed by atoms with E-state index >= 15 is 0 Å². The smallest absolute Gasteiger partial charge is 0.306 e.